The fourth-order valence-electron chi connectivity index (χ4n) is 6.54. The molecule has 0 spiro atoms. The van der Waals surface area contributed by atoms with Crippen LogP contribution in [-0.4, -0.2) is 142 Å². The molecule has 0 unspecified atom stereocenters. The molecule has 0 saturated heterocycles. The number of hydrogen-bond acceptors (Lipinski definition) is 24. The van der Waals surface area contributed by atoms with Crippen molar-refractivity contribution in [3.63, 3.8) is 0 Å². The van der Waals surface area contributed by atoms with Crippen LogP contribution >= 0.6 is 0 Å². The maximum absolute atomic E-state index is 9.89. The lowest BCUT2D eigenvalue weighted by Crippen LogP contribution is -2.39. The molecule has 0 fully saturated rings. The van der Waals surface area contributed by atoms with Gasteiger partial charge in [-0.2, -0.15) is 0 Å². The molecule has 0 aliphatic heterocycles. The van der Waals surface area contributed by atoms with Gasteiger partial charge in [0.25, 0.3) is 0 Å². The molecule has 32 nitrogen and oxygen atoms in total. The van der Waals surface area contributed by atoms with Crippen LogP contribution in [0.1, 0.15) is 0 Å². The SMILES string of the molecule is CN(C)c1ccc([N+]#N)cc1.CN(C)c1ccc([N+]#N)cc1.CN(C)c1ccc([N+]#N)cc1.CN(C)c1ccc([N+]#N)cc1.CN(C)c1ccc([N+]#N)cc1.CN(C)c1ccc([N+]#N)cc1.CN(C)c1ccc([N+]#N)cc1.CN(C)c1ccc([N+]#N)cc1.[O-]B([O-])F.[O-]B([O-])F.[O-]B([O-])F.[O-]B([O-])F. The zero-order chi connectivity index (χ0) is 80.5. The van der Waals surface area contributed by atoms with Crippen molar-refractivity contribution in [2.75, 3.05) is 152 Å². The highest BCUT2D eigenvalue weighted by atomic mass is 19.1. The van der Waals surface area contributed by atoms with Crippen molar-refractivity contribution in [2.24, 2.45) is 0 Å². The molecule has 0 aliphatic rings. The summed E-state index contributed by atoms with van der Waals surface area (Å²) in [6, 6.07) is 58.5. The monoisotopic (exact) mass is 1430 g/mol. The van der Waals surface area contributed by atoms with E-state index in [1.807, 2.05) is 249 Å². The number of nitrogens with zero attached hydrogens (tertiary/aromatic N) is 24. The van der Waals surface area contributed by atoms with E-state index in [4.69, 9.17) is 83.3 Å². The van der Waals surface area contributed by atoms with Crippen molar-refractivity contribution in [2.45, 2.75) is 0 Å². The predicted octanol–water partition coefficient (Wildman–Crippen LogP) is 8.54. The minimum absolute atomic E-state index is 0.579. The Labute approximate surface area is 604 Å². The van der Waals surface area contributed by atoms with E-state index in [9.17, 15) is 17.3 Å². The molecule has 0 aromatic heterocycles. The quantitative estimate of drug-likeness (QED) is 0.0780. The van der Waals surface area contributed by atoms with E-state index < -0.39 is 29.6 Å². The molecule has 0 aliphatic carbocycles. The molecule has 544 valence electrons. The van der Waals surface area contributed by atoms with Crippen molar-refractivity contribution in [1.29, 1.82) is 43.1 Å². The van der Waals surface area contributed by atoms with E-state index in [0.29, 0.717) is 45.5 Å². The third-order valence-corrected chi connectivity index (χ3v) is 11.9. The third kappa shape index (κ3) is 52.3. The number of rotatable bonds is 8. The summed E-state index contributed by atoms with van der Waals surface area (Å²) in [5.41, 5.74) is 13.4. The minimum Gasteiger partial charge on any atom is -0.867 e. The molecular weight excluding hydrogens is 1350 g/mol. The summed E-state index contributed by atoms with van der Waals surface area (Å²) in [5.74, 6) is 0. The zero-order valence-corrected chi connectivity index (χ0v) is 60.3. The van der Waals surface area contributed by atoms with Gasteiger partial charge in [-0.15, -0.1) is 0 Å². The standard InChI is InChI=1S/8C8H10N3.4BFO2/c8*1-11(2)8-5-3-7(10-9)4-6-8;4*2-1(3)4/h8*3-6H,1-2H3;;;;/q8*+1;4*-2. The lowest BCUT2D eigenvalue weighted by atomic mass is 10.3. The molecule has 0 saturated carbocycles. The van der Waals surface area contributed by atoms with Crippen LogP contribution in [0.15, 0.2) is 194 Å². The summed E-state index contributed by atoms with van der Waals surface area (Å²) in [7, 11) is 18.7. The van der Waals surface area contributed by atoms with Gasteiger partial charge in [-0.05, 0) is 97.1 Å². The summed E-state index contributed by atoms with van der Waals surface area (Å²) in [4.78, 5) is 40.3. The highest BCUT2D eigenvalue weighted by molar-refractivity contribution is 6.27. The van der Waals surface area contributed by atoms with Gasteiger partial charge >= 0.3 is 45.5 Å². The first-order valence-corrected chi connectivity index (χ1v) is 29.7. The smallest absolute Gasteiger partial charge is 0.385 e. The van der Waals surface area contributed by atoms with Gasteiger partial charge in [0.1, 0.15) is 29.6 Å². The largest absolute Gasteiger partial charge is 0.867 e. The molecule has 0 heterocycles. The Hall–Kier alpha value is -12.8. The zero-order valence-electron chi connectivity index (χ0n) is 60.3. The molecule has 0 radical (unpaired) electrons. The first-order chi connectivity index (χ1) is 48.8. The fraction of sp³-hybridized carbons (Fsp3) is 0.250. The van der Waals surface area contributed by atoms with Gasteiger partial charge in [-0.25, -0.2) is 0 Å². The second-order valence-electron chi connectivity index (χ2n) is 21.2. The van der Waals surface area contributed by atoms with Gasteiger partial charge < -0.3 is 96.7 Å². The van der Waals surface area contributed by atoms with Crippen molar-refractivity contribution in [3.8, 4) is 0 Å². The topological polar surface area (TPSA) is 436 Å². The van der Waals surface area contributed by atoms with Crippen LogP contribution in [0, 0.1) is 43.1 Å². The van der Waals surface area contributed by atoms with Gasteiger partial charge in [0.05, 0.1) is 0 Å². The van der Waals surface area contributed by atoms with Gasteiger partial charge in [-0.3, -0.25) is 0 Å². The molecule has 0 N–H and O–H groups in total. The summed E-state index contributed by atoms with van der Waals surface area (Å²) in [6.07, 6.45) is 0. The minimum atomic E-state index is -3.17. The van der Waals surface area contributed by atoms with Gasteiger partial charge in [0, 0.05) is 255 Å². The normalized spacial score (nSPS) is 8.50. The second-order valence-corrected chi connectivity index (χ2v) is 21.2. The molecule has 0 bridgehead atoms. The summed E-state index contributed by atoms with van der Waals surface area (Å²) in [6.45, 7) is 0. The molecule has 8 aromatic carbocycles. The number of anilines is 8. The van der Waals surface area contributed by atoms with E-state index in [1.54, 1.807) is 97.1 Å². The third-order valence-electron chi connectivity index (χ3n) is 11.9. The Bertz CT molecular complexity index is 3160. The number of diazo groups is 8. The lowest BCUT2D eigenvalue weighted by Gasteiger charge is -2.09. The Kier molecular flexibility index (Phi) is 54.4. The molecule has 0 atom stereocenters. The second kappa shape index (κ2) is 58.0. The lowest BCUT2D eigenvalue weighted by molar-refractivity contribution is -0.368. The highest BCUT2D eigenvalue weighted by Crippen LogP contribution is 2.23. The maximum Gasteiger partial charge on any atom is 0.385 e. The van der Waals surface area contributed by atoms with Crippen LogP contribution in [-0.2, 0) is 0 Å². The molecule has 0 amide bonds. The van der Waals surface area contributed by atoms with Crippen molar-refractivity contribution in [1.82, 2.24) is 0 Å². The van der Waals surface area contributed by atoms with E-state index >= 15 is 0 Å². The summed E-state index contributed by atoms with van der Waals surface area (Å²) < 4.78 is 39.6. The first-order valence-electron chi connectivity index (χ1n) is 29.7. The van der Waals surface area contributed by atoms with Crippen LogP contribution in [0.5, 0.6) is 0 Å². The van der Waals surface area contributed by atoms with Gasteiger partial charge in [0.2, 0.25) is 43.1 Å². The van der Waals surface area contributed by atoms with Crippen LogP contribution in [0.25, 0.3) is 39.8 Å². The van der Waals surface area contributed by atoms with E-state index in [0.717, 1.165) is 45.5 Å². The first kappa shape index (κ1) is 97.6. The Morgan fingerprint density at radius 1 is 0.183 bits per heavy atom. The highest BCUT2D eigenvalue weighted by Gasteiger charge is 2.09. The summed E-state index contributed by atoms with van der Waals surface area (Å²) in [5, 5.41) is 133. The van der Waals surface area contributed by atoms with E-state index in [-0.39, 0.29) is 0 Å². The number of hydrogen-bond donors (Lipinski definition) is 0. The predicted molar refractivity (Wildman–Crippen MR) is 392 cm³/mol. The van der Waals surface area contributed by atoms with Crippen LogP contribution in [0.4, 0.5) is 108 Å². The van der Waals surface area contributed by atoms with Crippen molar-refractivity contribution >= 4 is 121 Å². The molecule has 8 rings (SSSR count). The molecular formula is C64H80B4F4N24O8. The molecule has 8 aromatic rings. The van der Waals surface area contributed by atoms with E-state index in [2.05, 4.69) is 39.8 Å². The Morgan fingerprint density at radius 2 is 0.240 bits per heavy atom. The van der Waals surface area contributed by atoms with Crippen LogP contribution < -0.4 is 79.4 Å². The molecule has 40 heteroatoms. The van der Waals surface area contributed by atoms with Gasteiger partial charge in [-0.1, -0.05) is 0 Å². The maximum atomic E-state index is 9.89. The van der Waals surface area contributed by atoms with Crippen LogP contribution in [0.2, 0.25) is 0 Å². The number of benzene rings is 8. The van der Waals surface area contributed by atoms with Crippen LogP contribution in [0.3, 0.4) is 0 Å². The summed E-state index contributed by atoms with van der Waals surface area (Å²) >= 11 is 0. The Morgan fingerprint density at radius 3 is 0.279 bits per heavy atom. The van der Waals surface area contributed by atoms with Crippen molar-refractivity contribution < 1.29 is 57.5 Å². The number of halogens is 4. The Balaban J connectivity index is -0.000000533. The van der Waals surface area contributed by atoms with Gasteiger partial charge in [0.15, 0.2) is 39.8 Å². The molecule has 104 heavy (non-hydrogen) atoms. The average Bonchev–Trinajstić information content (AvgIpc) is 1.09. The average molecular weight is 1430 g/mol. The van der Waals surface area contributed by atoms with Crippen molar-refractivity contribution in [3.05, 3.63) is 234 Å². The van der Waals surface area contributed by atoms with E-state index in [1.165, 1.54) is 0 Å². The fourth-order valence-corrected chi connectivity index (χ4v) is 6.54.